The van der Waals surface area contributed by atoms with Crippen molar-refractivity contribution in [3.63, 3.8) is 0 Å². The molecule has 4 rings (SSSR count). The summed E-state index contributed by atoms with van der Waals surface area (Å²) in [6.45, 7) is 0.458. The number of halogens is 6. The number of methoxy groups -OCH3 is 1. The van der Waals surface area contributed by atoms with E-state index in [1.807, 2.05) is 6.07 Å². The van der Waals surface area contributed by atoms with Crippen LogP contribution in [-0.4, -0.2) is 31.1 Å². The molecule has 2 aliphatic rings. The van der Waals surface area contributed by atoms with Crippen molar-refractivity contribution in [2.45, 2.75) is 50.5 Å². The third-order valence-electron chi connectivity index (χ3n) is 7.04. The fraction of sp³-hybridized carbons (Fsp3) is 0.520. The van der Waals surface area contributed by atoms with Crippen LogP contribution in [0.25, 0.3) is 0 Å². The Balaban J connectivity index is 1.62. The minimum atomic E-state index is -4.95. The van der Waals surface area contributed by atoms with Gasteiger partial charge in [-0.1, -0.05) is 12.8 Å². The molecule has 1 saturated carbocycles. The molecule has 0 spiro atoms. The zero-order chi connectivity index (χ0) is 26.1. The summed E-state index contributed by atoms with van der Waals surface area (Å²) in [6.07, 6.45) is -4.98. The number of pyridine rings is 1. The number of carbonyl (C=O) groups excluding carboxylic acids is 1. The highest BCUT2D eigenvalue weighted by atomic mass is 19.4. The molecule has 1 aromatic heterocycles. The first-order valence-corrected chi connectivity index (χ1v) is 11.7. The summed E-state index contributed by atoms with van der Waals surface area (Å²) >= 11 is 0. The zero-order valence-electron chi connectivity index (χ0n) is 19.6. The fourth-order valence-electron chi connectivity index (χ4n) is 4.96. The van der Waals surface area contributed by atoms with Crippen LogP contribution in [0.15, 0.2) is 36.5 Å². The van der Waals surface area contributed by atoms with E-state index < -0.39 is 41.3 Å². The van der Waals surface area contributed by atoms with Gasteiger partial charge in [0.1, 0.15) is 0 Å². The molecule has 2 N–H and O–H groups in total. The van der Waals surface area contributed by atoms with Crippen LogP contribution >= 0.6 is 0 Å². The molecule has 1 aliphatic heterocycles. The first-order chi connectivity index (χ1) is 16.9. The maximum atomic E-state index is 13.6. The summed E-state index contributed by atoms with van der Waals surface area (Å²) in [4.78, 5) is 17.8. The molecular formula is C25H27F6N3O2. The van der Waals surface area contributed by atoms with Crippen molar-refractivity contribution in [3.05, 3.63) is 58.8 Å². The summed E-state index contributed by atoms with van der Waals surface area (Å²) in [5, 5.41) is 5.87. The van der Waals surface area contributed by atoms with Gasteiger partial charge in [-0.2, -0.15) is 26.3 Å². The standard InChI is InChI=1S/C25H27F6N3O2/c1-36-21-11-17(4-6-33-21)20(10-15-2-3-15)23(5-7-32-14-23)22(35)34-13-16-8-18(24(26,27)28)12-19(9-16)25(29,30)31/h4,6,8-9,11-12,15,20,32H,2-3,5,7,10,13-14H2,1H3,(H,34,35). The van der Waals surface area contributed by atoms with Crippen molar-refractivity contribution < 1.29 is 35.9 Å². The van der Waals surface area contributed by atoms with Gasteiger partial charge in [-0.25, -0.2) is 4.98 Å². The van der Waals surface area contributed by atoms with E-state index in [-0.39, 0.29) is 17.5 Å². The van der Waals surface area contributed by atoms with Gasteiger partial charge >= 0.3 is 12.4 Å². The summed E-state index contributed by atoms with van der Waals surface area (Å²) in [7, 11) is 1.49. The lowest BCUT2D eigenvalue weighted by Crippen LogP contribution is -2.46. The van der Waals surface area contributed by atoms with E-state index in [2.05, 4.69) is 15.6 Å². The minimum absolute atomic E-state index is 0.0796. The third kappa shape index (κ3) is 5.77. The molecule has 2 unspecified atom stereocenters. The number of ether oxygens (including phenoxy) is 1. The molecule has 0 bridgehead atoms. The number of hydrogen-bond acceptors (Lipinski definition) is 4. The number of amides is 1. The van der Waals surface area contributed by atoms with E-state index in [1.165, 1.54) is 7.11 Å². The normalized spacial score (nSPS) is 21.3. The zero-order valence-corrected chi connectivity index (χ0v) is 19.6. The van der Waals surface area contributed by atoms with E-state index >= 15 is 0 Å². The van der Waals surface area contributed by atoms with Crippen molar-refractivity contribution in [1.29, 1.82) is 0 Å². The van der Waals surface area contributed by atoms with E-state index in [1.54, 1.807) is 12.3 Å². The number of hydrogen-bond donors (Lipinski definition) is 2. The molecule has 196 valence electrons. The van der Waals surface area contributed by atoms with Crippen molar-refractivity contribution >= 4 is 5.91 Å². The Morgan fingerprint density at radius 3 is 2.33 bits per heavy atom. The van der Waals surface area contributed by atoms with E-state index in [0.717, 1.165) is 24.8 Å². The third-order valence-corrected chi connectivity index (χ3v) is 7.04. The largest absolute Gasteiger partial charge is 0.481 e. The van der Waals surface area contributed by atoms with Crippen LogP contribution in [0, 0.1) is 11.3 Å². The van der Waals surface area contributed by atoms with Crippen LogP contribution in [0.1, 0.15) is 53.9 Å². The highest BCUT2D eigenvalue weighted by Gasteiger charge is 2.49. The molecule has 0 radical (unpaired) electrons. The topological polar surface area (TPSA) is 63.2 Å². The monoisotopic (exact) mass is 515 g/mol. The Labute approximate surface area is 204 Å². The number of rotatable bonds is 8. The average molecular weight is 515 g/mol. The van der Waals surface area contributed by atoms with Crippen LogP contribution in [0.3, 0.4) is 0 Å². The second kappa shape index (κ2) is 9.91. The molecule has 36 heavy (non-hydrogen) atoms. The summed E-state index contributed by atoms with van der Waals surface area (Å²) in [6, 6.07) is 4.97. The highest BCUT2D eigenvalue weighted by molar-refractivity contribution is 5.84. The molecule has 2 fully saturated rings. The van der Waals surface area contributed by atoms with Crippen LogP contribution in [0.2, 0.25) is 0 Å². The van der Waals surface area contributed by atoms with Crippen LogP contribution < -0.4 is 15.4 Å². The smallest absolute Gasteiger partial charge is 0.416 e. The second-order valence-electron chi connectivity index (χ2n) is 9.54. The maximum Gasteiger partial charge on any atom is 0.416 e. The quantitative estimate of drug-likeness (QED) is 0.468. The number of nitrogens with one attached hydrogen (secondary N) is 2. The fourth-order valence-corrected chi connectivity index (χ4v) is 4.96. The van der Waals surface area contributed by atoms with Gasteiger partial charge in [0, 0.05) is 31.3 Å². The molecule has 1 amide bonds. The number of alkyl halides is 6. The van der Waals surface area contributed by atoms with Gasteiger partial charge in [0.15, 0.2) is 0 Å². The number of benzene rings is 1. The Bertz CT molecular complexity index is 1060. The molecule has 2 heterocycles. The molecule has 5 nitrogen and oxygen atoms in total. The molecule has 1 saturated heterocycles. The highest BCUT2D eigenvalue weighted by Crippen LogP contribution is 2.50. The Morgan fingerprint density at radius 1 is 1.14 bits per heavy atom. The lowest BCUT2D eigenvalue weighted by molar-refractivity contribution is -0.143. The van der Waals surface area contributed by atoms with Crippen LogP contribution in [0.5, 0.6) is 5.88 Å². The Kier molecular flexibility index (Phi) is 7.23. The molecule has 1 aliphatic carbocycles. The maximum absolute atomic E-state index is 13.6. The summed E-state index contributed by atoms with van der Waals surface area (Å²) in [5.74, 6) is 0.236. The lowest BCUT2D eigenvalue weighted by Gasteiger charge is -2.36. The van der Waals surface area contributed by atoms with E-state index in [0.29, 0.717) is 43.4 Å². The Morgan fingerprint density at radius 2 is 1.81 bits per heavy atom. The van der Waals surface area contributed by atoms with Crippen molar-refractivity contribution in [1.82, 2.24) is 15.6 Å². The summed E-state index contributed by atoms with van der Waals surface area (Å²) in [5.41, 5.74) is -3.13. The van der Waals surface area contributed by atoms with E-state index in [9.17, 15) is 31.1 Å². The minimum Gasteiger partial charge on any atom is -0.481 e. The van der Waals surface area contributed by atoms with Gasteiger partial charge in [0.2, 0.25) is 11.8 Å². The second-order valence-corrected chi connectivity index (χ2v) is 9.54. The first-order valence-electron chi connectivity index (χ1n) is 11.7. The van der Waals surface area contributed by atoms with Crippen molar-refractivity contribution in [3.8, 4) is 5.88 Å². The van der Waals surface area contributed by atoms with Crippen molar-refractivity contribution in [2.75, 3.05) is 20.2 Å². The number of carbonyl (C=O) groups is 1. The van der Waals surface area contributed by atoms with Gasteiger partial charge in [-0.3, -0.25) is 4.79 Å². The predicted octanol–water partition coefficient (Wildman–Crippen LogP) is 5.31. The number of aromatic nitrogens is 1. The first kappa shape index (κ1) is 26.2. The molecule has 2 atom stereocenters. The van der Waals surface area contributed by atoms with E-state index in [4.69, 9.17) is 4.74 Å². The Hall–Kier alpha value is -2.82. The summed E-state index contributed by atoms with van der Waals surface area (Å²) < 4.78 is 84.7. The molecular weight excluding hydrogens is 488 g/mol. The van der Waals surface area contributed by atoms with Crippen LogP contribution in [0.4, 0.5) is 26.3 Å². The average Bonchev–Trinajstić information content (AvgIpc) is 3.52. The SMILES string of the molecule is COc1cc(C(CC2CC2)C2(C(=O)NCc3cc(C(F)(F)F)cc(C(F)(F)F)c3)CCNC2)ccn1. The lowest BCUT2D eigenvalue weighted by atomic mass is 9.68. The van der Waals surface area contributed by atoms with Gasteiger partial charge in [0.05, 0.1) is 23.7 Å². The van der Waals surface area contributed by atoms with Gasteiger partial charge < -0.3 is 15.4 Å². The predicted molar refractivity (Wildman–Crippen MR) is 119 cm³/mol. The van der Waals surface area contributed by atoms with Gasteiger partial charge in [0.25, 0.3) is 0 Å². The van der Waals surface area contributed by atoms with Crippen LogP contribution in [-0.2, 0) is 23.7 Å². The number of nitrogens with zero attached hydrogens (tertiary/aromatic N) is 1. The van der Waals surface area contributed by atoms with Gasteiger partial charge in [-0.15, -0.1) is 0 Å². The molecule has 1 aromatic carbocycles. The van der Waals surface area contributed by atoms with Gasteiger partial charge in [-0.05, 0) is 60.7 Å². The molecule has 2 aromatic rings. The van der Waals surface area contributed by atoms with Crippen molar-refractivity contribution in [2.24, 2.45) is 11.3 Å². The molecule has 11 heteroatoms.